The average molecular weight is 363 g/mol. The molecule has 1 atom stereocenters. The van der Waals surface area contributed by atoms with Gasteiger partial charge in [0.15, 0.2) is 0 Å². The molecule has 2 aliphatic rings. The molecule has 8 nitrogen and oxygen atoms in total. The standard InChI is InChI=1S/C18H25N3O5/c1-12-11-26-16-9-13(17(22)19-24)3-4-14(16)10-21(12)18(23)20(2)15-5-7-25-8-6-15/h3-4,9,12,15,24H,5-8,10-11H2,1-2H3,(H,19,22). The Hall–Kier alpha value is -2.32. The number of benzene rings is 1. The quantitative estimate of drug-likeness (QED) is 0.615. The van der Waals surface area contributed by atoms with Gasteiger partial charge in [0.25, 0.3) is 5.91 Å². The Bertz CT molecular complexity index is 675. The first kappa shape index (κ1) is 18.5. The molecule has 0 saturated carbocycles. The number of fused-ring (bicyclic) bond motifs is 1. The Morgan fingerprint density at radius 1 is 1.31 bits per heavy atom. The predicted molar refractivity (Wildman–Crippen MR) is 93.2 cm³/mol. The highest BCUT2D eigenvalue weighted by Gasteiger charge is 2.31. The van der Waals surface area contributed by atoms with E-state index in [1.165, 1.54) is 0 Å². The van der Waals surface area contributed by atoms with E-state index in [1.54, 1.807) is 33.5 Å². The molecule has 142 valence electrons. The lowest BCUT2D eigenvalue weighted by Gasteiger charge is -2.36. The summed E-state index contributed by atoms with van der Waals surface area (Å²) in [6, 6.07) is 5.00. The second-order valence-electron chi connectivity index (χ2n) is 6.79. The highest BCUT2D eigenvalue weighted by molar-refractivity contribution is 5.93. The minimum Gasteiger partial charge on any atom is -0.491 e. The van der Waals surface area contributed by atoms with E-state index in [2.05, 4.69) is 0 Å². The zero-order valence-corrected chi connectivity index (χ0v) is 15.1. The molecule has 0 aliphatic carbocycles. The summed E-state index contributed by atoms with van der Waals surface area (Å²) in [5, 5.41) is 8.78. The van der Waals surface area contributed by atoms with Crippen LogP contribution < -0.4 is 10.2 Å². The summed E-state index contributed by atoms with van der Waals surface area (Å²) in [6.07, 6.45) is 1.69. The number of urea groups is 1. The zero-order chi connectivity index (χ0) is 18.7. The largest absolute Gasteiger partial charge is 0.491 e. The molecule has 1 saturated heterocycles. The lowest BCUT2D eigenvalue weighted by atomic mass is 10.1. The molecule has 2 N–H and O–H groups in total. The predicted octanol–water partition coefficient (Wildman–Crippen LogP) is 1.62. The Labute approximate surface area is 152 Å². The number of hydrogen-bond donors (Lipinski definition) is 2. The topological polar surface area (TPSA) is 91.3 Å². The van der Waals surface area contributed by atoms with Crippen LogP contribution in [0.5, 0.6) is 5.75 Å². The van der Waals surface area contributed by atoms with Crippen molar-refractivity contribution in [2.45, 2.75) is 38.4 Å². The molecule has 1 fully saturated rings. The van der Waals surface area contributed by atoms with Gasteiger partial charge in [-0.2, -0.15) is 0 Å². The molecule has 3 rings (SSSR count). The van der Waals surface area contributed by atoms with Crippen LogP contribution in [0.15, 0.2) is 18.2 Å². The lowest BCUT2D eigenvalue weighted by molar-refractivity contribution is 0.0424. The van der Waals surface area contributed by atoms with E-state index in [9.17, 15) is 9.59 Å². The van der Waals surface area contributed by atoms with Crippen LogP contribution in [0.1, 0.15) is 35.7 Å². The van der Waals surface area contributed by atoms with Crippen molar-refractivity contribution >= 4 is 11.9 Å². The van der Waals surface area contributed by atoms with Gasteiger partial charge < -0.3 is 19.3 Å². The van der Waals surface area contributed by atoms with Crippen LogP contribution in [0.25, 0.3) is 0 Å². The van der Waals surface area contributed by atoms with Crippen molar-refractivity contribution in [1.29, 1.82) is 0 Å². The van der Waals surface area contributed by atoms with Crippen molar-refractivity contribution in [3.63, 3.8) is 0 Å². The number of carbonyl (C=O) groups excluding carboxylic acids is 2. The fourth-order valence-corrected chi connectivity index (χ4v) is 3.35. The number of nitrogens with one attached hydrogen (secondary N) is 1. The first-order valence-electron chi connectivity index (χ1n) is 8.82. The van der Waals surface area contributed by atoms with Crippen LogP contribution in [0.2, 0.25) is 0 Å². The highest BCUT2D eigenvalue weighted by atomic mass is 16.5. The molecule has 2 aliphatic heterocycles. The van der Waals surface area contributed by atoms with Gasteiger partial charge in [0, 0.05) is 37.4 Å². The molecule has 0 spiro atoms. The van der Waals surface area contributed by atoms with E-state index in [0.717, 1.165) is 18.4 Å². The van der Waals surface area contributed by atoms with Crippen molar-refractivity contribution in [2.75, 3.05) is 26.9 Å². The molecule has 0 bridgehead atoms. The lowest BCUT2D eigenvalue weighted by Crippen LogP contribution is -2.50. The zero-order valence-electron chi connectivity index (χ0n) is 15.1. The number of hydroxylamine groups is 1. The minimum atomic E-state index is -0.596. The molecule has 3 amide bonds. The Balaban J connectivity index is 1.78. The maximum atomic E-state index is 13.1. The summed E-state index contributed by atoms with van der Waals surface area (Å²) in [6.45, 7) is 4.05. The van der Waals surface area contributed by atoms with Crippen molar-refractivity contribution in [1.82, 2.24) is 15.3 Å². The van der Waals surface area contributed by atoms with E-state index in [-0.39, 0.29) is 18.1 Å². The third-order valence-electron chi connectivity index (χ3n) is 5.07. The fraction of sp³-hybridized carbons (Fsp3) is 0.556. The summed E-state index contributed by atoms with van der Waals surface area (Å²) in [5.74, 6) is -0.0390. The Morgan fingerprint density at radius 3 is 2.73 bits per heavy atom. The van der Waals surface area contributed by atoms with Gasteiger partial charge in [-0.3, -0.25) is 10.0 Å². The third-order valence-corrected chi connectivity index (χ3v) is 5.07. The van der Waals surface area contributed by atoms with E-state index in [0.29, 0.717) is 37.7 Å². The van der Waals surface area contributed by atoms with Gasteiger partial charge in [-0.25, -0.2) is 10.3 Å². The van der Waals surface area contributed by atoms with Gasteiger partial charge in [-0.05, 0) is 31.9 Å². The number of carbonyl (C=O) groups is 2. The summed E-state index contributed by atoms with van der Waals surface area (Å²) in [7, 11) is 1.84. The number of ether oxygens (including phenoxy) is 2. The SMILES string of the molecule is CC1COc2cc(C(=O)NO)ccc2CN1C(=O)N(C)C1CCOCC1. The number of hydrogen-bond acceptors (Lipinski definition) is 5. The second kappa shape index (κ2) is 7.92. The van der Waals surface area contributed by atoms with Crippen LogP contribution in [0, 0.1) is 0 Å². The first-order chi connectivity index (χ1) is 12.5. The first-order valence-corrected chi connectivity index (χ1v) is 8.82. The maximum Gasteiger partial charge on any atom is 0.320 e. The van der Waals surface area contributed by atoms with Crippen molar-refractivity contribution in [2.24, 2.45) is 0 Å². The van der Waals surface area contributed by atoms with Crippen LogP contribution in [0.3, 0.4) is 0 Å². The van der Waals surface area contributed by atoms with E-state index < -0.39 is 5.91 Å². The summed E-state index contributed by atoms with van der Waals surface area (Å²) >= 11 is 0. The molecule has 2 heterocycles. The number of rotatable bonds is 2. The van der Waals surface area contributed by atoms with Crippen LogP contribution in [0.4, 0.5) is 4.79 Å². The van der Waals surface area contributed by atoms with Crippen molar-refractivity contribution < 1.29 is 24.3 Å². The summed E-state index contributed by atoms with van der Waals surface area (Å²) in [4.78, 5) is 28.2. The van der Waals surface area contributed by atoms with E-state index in [1.807, 2.05) is 14.0 Å². The number of amides is 3. The average Bonchev–Trinajstić information content (AvgIpc) is 2.85. The highest BCUT2D eigenvalue weighted by Crippen LogP contribution is 2.28. The molecule has 1 aromatic rings. The molecule has 0 radical (unpaired) electrons. The molecule has 1 unspecified atom stereocenters. The van der Waals surface area contributed by atoms with Crippen LogP contribution in [-0.2, 0) is 11.3 Å². The molecular formula is C18H25N3O5. The normalized spacial score (nSPS) is 20.6. The minimum absolute atomic E-state index is 0.0296. The van der Waals surface area contributed by atoms with Gasteiger partial charge in [0.1, 0.15) is 12.4 Å². The molecule has 1 aromatic carbocycles. The van der Waals surface area contributed by atoms with Gasteiger partial charge >= 0.3 is 6.03 Å². The van der Waals surface area contributed by atoms with Gasteiger partial charge in [0.2, 0.25) is 0 Å². The molecule has 26 heavy (non-hydrogen) atoms. The Kier molecular flexibility index (Phi) is 5.63. The van der Waals surface area contributed by atoms with E-state index in [4.69, 9.17) is 14.7 Å². The maximum absolute atomic E-state index is 13.1. The van der Waals surface area contributed by atoms with Gasteiger partial charge in [0.05, 0.1) is 12.6 Å². The summed E-state index contributed by atoms with van der Waals surface area (Å²) in [5.41, 5.74) is 2.75. The van der Waals surface area contributed by atoms with Crippen molar-refractivity contribution in [3.05, 3.63) is 29.3 Å². The molecule has 0 aromatic heterocycles. The smallest absolute Gasteiger partial charge is 0.320 e. The monoisotopic (exact) mass is 363 g/mol. The van der Waals surface area contributed by atoms with Gasteiger partial charge in [-0.15, -0.1) is 0 Å². The third kappa shape index (κ3) is 3.76. The van der Waals surface area contributed by atoms with E-state index >= 15 is 0 Å². The fourth-order valence-electron chi connectivity index (χ4n) is 3.35. The van der Waals surface area contributed by atoms with Crippen LogP contribution in [-0.4, -0.2) is 65.9 Å². The second-order valence-corrected chi connectivity index (χ2v) is 6.79. The molecule has 8 heteroatoms. The summed E-state index contributed by atoms with van der Waals surface area (Å²) < 4.78 is 11.2. The number of nitrogens with zero attached hydrogens (tertiary/aromatic N) is 2. The van der Waals surface area contributed by atoms with Gasteiger partial charge in [-0.1, -0.05) is 6.07 Å². The van der Waals surface area contributed by atoms with Crippen LogP contribution >= 0.6 is 0 Å². The molecular weight excluding hydrogens is 338 g/mol. The Morgan fingerprint density at radius 2 is 2.04 bits per heavy atom. The van der Waals surface area contributed by atoms with Crippen molar-refractivity contribution in [3.8, 4) is 5.75 Å².